The van der Waals surface area contributed by atoms with Gasteiger partial charge in [-0.25, -0.2) is 4.79 Å². The van der Waals surface area contributed by atoms with Crippen LogP contribution in [0.1, 0.15) is 66.2 Å². The first-order chi connectivity index (χ1) is 14.0. The second-order valence-electron chi connectivity index (χ2n) is 10.5. The number of carbonyl (C=O) groups is 2. The number of fused-ring (bicyclic) bond motifs is 5. The summed E-state index contributed by atoms with van der Waals surface area (Å²) in [5, 5.41) is 0. The molecular formula is C25H38O5. The second-order valence-corrected chi connectivity index (χ2v) is 10.5. The Hall–Kier alpha value is -1.62. The molecule has 3 rings (SSSR count). The fourth-order valence-corrected chi connectivity index (χ4v) is 6.19. The van der Waals surface area contributed by atoms with Crippen molar-refractivity contribution in [3.8, 4) is 0 Å². The summed E-state index contributed by atoms with van der Waals surface area (Å²) in [4.78, 5) is 24.3. The number of carbonyl (C=O) groups excluding carboxylic acids is 2. The molecule has 168 valence electrons. The van der Waals surface area contributed by atoms with Gasteiger partial charge in [0.05, 0.1) is 17.6 Å². The average Bonchev–Trinajstić information content (AvgIpc) is 2.93. The minimum absolute atomic E-state index is 0.0660. The van der Waals surface area contributed by atoms with Gasteiger partial charge in [0.2, 0.25) is 0 Å². The maximum atomic E-state index is 12.8. The molecule has 0 aliphatic heterocycles. The first kappa shape index (κ1) is 23.1. The lowest BCUT2D eigenvalue weighted by molar-refractivity contribution is -0.158. The minimum atomic E-state index is -0.387. The SMILES string of the molecule is C=C(C)COC(=O)C1(C)CCC2C3CC(CC(C)(OCCOC(=O)C(=C)C)C3)C2C1. The molecule has 2 bridgehead atoms. The normalized spacial score (nSPS) is 37.2. The molecule has 0 saturated heterocycles. The van der Waals surface area contributed by atoms with E-state index in [1.54, 1.807) is 6.92 Å². The smallest absolute Gasteiger partial charge is 0.333 e. The number of ether oxygens (including phenoxy) is 3. The Labute approximate surface area is 181 Å². The Morgan fingerprint density at radius 3 is 2.27 bits per heavy atom. The zero-order valence-corrected chi connectivity index (χ0v) is 19.1. The van der Waals surface area contributed by atoms with E-state index in [0.29, 0.717) is 42.5 Å². The van der Waals surface area contributed by atoms with Crippen LogP contribution in [-0.4, -0.2) is 37.4 Å². The molecule has 5 heteroatoms. The van der Waals surface area contributed by atoms with Crippen LogP contribution in [0.5, 0.6) is 0 Å². The lowest BCUT2D eigenvalue weighted by Gasteiger charge is -2.40. The maximum absolute atomic E-state index is 12.8. The van der Waals surface area contributed by atoms with Crippen LogP contribution < -0.4 is 0 Å². The number of rotatable bonds is 8. The van der Waals surface area contributed by atoms with Crippen molar-refractivity contribution in [1.82, 2.24) is 0 Å². The summed E-state index contributed by atoms with van der Waals surface area (Å²) in [6, 6.07) is 0. The van der Waals surface area contributed by atoms with Gasteiger partial charge in [0.1, 0.15) is 13.2 Å². The highest BCUT2D eigenvalue weighted by molar-refractivity contribution is 5.86. The van der Waals surface area contributed by atoms with Gasteiger partial charge in [0, 0.05) is 5.57 Å². The molecule has 0 aromatic rings. The van der Waals surface area contributed by atoms with E-state index in [-0.39, 0.29) is 29.6 Å². The van der Waals surface area contributed by atoms with Gasteiger partial charge in [-0.1, -0.05) is 13.2 Å². The van der Waals surface area contributed by atoms with Gasteiger partial charge < -0.3 is 14.2 Å². The van der Waals surface area contributed by atoms with Crippen molar-refractivity contribution >= 4 is 11.9 Å². The molecule has 6 atom stereocenters. The molecule has 0 aromatic heterocycles. The quantitative estimate of drug-likeness (QED) is 0.244. The second kappa shape index (κ2) is 8.86. The van der Waals surface area contributed by atoms with Crippen molar-refractivity contribution in [3.05, 3.63) is 24.3 Å². The summed E-state index contributed by atoms with van der Waals surface area (Å²) in [6.45, 7) is 16.2. The molecule has 3 aliphatic rings. The Morgan fingerprint density at radius 2 is 1.63 bits per heavy atom. The van der Waals surface area contributed by atoms with E-state index >= 15 is 0 Å². The molecule has 3 aliphatic carbocycles. The molecule has 0 aromatic carbocycles. The van der Waals surface area contributed by atoms with E-state index in [1.165, 1.54) is 6.42 Å². The van der Waals surface area contributed by atoms with Crippen LogP contribution >= 0.6 is 0 Å². The molecule has 0 spiro atoms. The third kappa shape index (κ3) is 4.99. The first-order valence-electron chi connectivity index (χ1n) is 11.3. The van der Waals surface area contributed by atoms with Crippen LogP contribution in [0.25, 0.3) is 0 Å². The standard InChI is InChI=1S/C25H38O5/c1-16(2)15-29-23(27)24(5)8-7-20-18-11-19(21(20)14-24)13-25(6,12-18)30-10-9-28-22(26)17(3)4/h18-21H,1,3,7-15H2,2,4-6H3. The van der Waals surface area contributed by atoms with Crippen molar-refractivity contribution < 1.29 is 23.8 Å². The Balaban J connectivity index is 1.57. The Bertz CT molecular complexity index is 712. The first-order valence-corrected chi connectivity index (χ1v) is 11.3. The summed E-state index contributed by atoms with van der Waals surface area (Å²) >= 11 is 0. The molecule has 3 saturated carbocycles. The van der Waals surface area contributed by atoms with Crippen LogP contribution in [0.15, 0.2) is 24.3 Å². The molecule has 0 heterocycles. The highest BCUT2D eigenvalue weighted by atomic mass is 16.6. The highest BCUT2D eigenvalue weighted by Gasteiger charge is 2.56. The van der Waals surface area contributed by atoms with E-state index in [0.717, 1.165) is 37.7 Å². The predicted octanol–water partition coefficient (Wildman–Crippen LogP) is 4.85. The van der Waals surface area contributed by atoms with E-state index in [4.69, 9.17) is 14.2 Å². The van der Waals surface area contributed by atoms with Gasteiger partial charge in [-0.05, 0) is 95.5 Å². The topological polar surface area (TPSA) is 61.8 Å². The third-order valence-electron chi connectivity index (χ3n) is 7.53. The summed E-state index contributed by atoms with van der Waals surface area (Å²) in [5.74, 6) is 2.07. The van der Waals surface area contributed by atoms with Crippen molar-refractivity contribution in [2.24, 2.45) is 29.1 Å². The van der Waals surface area contributed by atoms with Crippen LogP contribution in [0.3, 0.4) is 0 Å². The average molecular weight is 419 g/mol. The molecule has 30 heavy (non-hydrogen) atoms. The molecule has 5 nitrogen and oxygen atoms in total. The van der Waals surface area contributed by atoms with Gasteiger partial charge in [-0.2, -0.15) is 0 Å². The lowest BCUT2D eigenvalue weighted by atomic mass is 9.64. The number of esters is 2. The minimum Gasteiger partial charge on any atom is -0.461 e. The van der Waals surface area contributed by atoms with E-state index in [9.17, 15) is 9.59 Å². The predicted molar refractivity (Wildman–Crippen MR) is 116 cm³/mol. The third-order valence-corrected chi connectivity index (χ3v) is 7.53. The van der Waals surface area contributed by atoms with Crippen molar-refractivity contribution in [1.29, 1.82) is 0 Å². The van der Waals surface area contributed by atoms with E-state index in [1.807, 2.05) is 6.92 Å². The van der Waals surface area contributed by atoms with Crippen LogP contribution in [0, 0.1) is 29.1 Å². The fourth-order valence-electron chi connectivity index (χ4n) is 6.19. The Kier molecular flexibility index (Phi) is 6.81. The van der Waals surface area contributed by atoms with Gasteiger partial charge >= 0.3 is 11.9 Å². The largest absolute Gasteiger partial charge is 0.461 e. The maximum Gasteiger partial charge on any atom is 0.333 e. The van der Waals surface area contributed by atoms with Gasteiger partial charge in [-0.3, -0.25) is 4.79 Å². The molecular weight excluding hydrogens is 380 g/mol. The van der Waals surface area contributed by atoms with Gasteiger partial charge in [-0.15, -0.1) is 0 Å². The zero-order valence-electron chi connectivity index (χ0n) is 19.1. The van der Waals surface area contributed by atoms with Gasteiger partial charge in [0.15, 0.2) is 0 Å². The zero-order chi connectivity index (χ0) is 22.1. The summed E-state index contributed by atoms with van der Waals surface area (Å²) < 4.78 is 17.0. The summed E-state index contributed by atoms with van der Waals surface area (Å²) in [6.07, 6.45) is 6.22. The Morgan fingerprint density at radius 1 is 0.967 bits per heavy atom. The molecule has 6 unspecified atom stereocenters. The van der Waals surface area contributed by atoms with Crippen LogP contribution in [0.2, 0.25) is 0 Å². The highest BCUT2D eigenvalue weighted by Crippen LogP contribution is 2.61. The fraction of sp³-hybridized carbons (Fsp3) is 0.760. The molecule has 0 radical (unpaired) electrons. The molecule has 0 amide bonds. The van der Waals surface area contributed by atoms with Crippen molar-refractivity contribution in [2.45, 2.75) is 71.8 Å². The van der Waals surface area contributed by atoms with Crippen molar-refractivity contribution in [2.75, 3.05) is 19.8 Å². The van der Waals surface area contributed by atoms with E-state index in [2.05, 4.69) is 27.0 Å². The van der Waals surface area contributed by atoms with Crippen molar-refractivity contribution in [3.63, 3.8) is 0 Å². The van der Waals surface area contributed by atoms with Gasteiger partial charge in [0.25, 0.3) is 0 Å². The molecule has 0 N–H and O–H groups in total. The number of hydrogen-bond acceptors (Lipinski definition) is 5. The van der Waals surface area contributed by atoms with E-state index < -0.39 is 0 Å². The summed E-state index contributed by atoms with van der Waals surface area (Å²) in [7, 11) is 0. The van der Waals surface area contributed by atoms with Crippen LogP contribution in [-0.2, 0) is 23.8 Å². The number of hydrogen-bond donors (Lipinski definition) is 0. The van der Waals surface area contributed by atoms with Crippen LogP contribution in [0.4, 0.5) is 0 Å². The summed E-state index contributed by atoms with van der Waals surface area (Å²) in [5.41, 5.74) is 0.713. The lowest BCUT2D eigenvalue weighted by Crippen LogP contribution is -2.39. The monoisotopic (exact) mass is 418 g/mol. The molecule has 3 fully saturated rings.